The van der Waals surface area contributed by atoms with E-state index < -0.39 is 12.3 Å². The van der Waals surface area contributed by atoms with Crippen LogP contribution in [0.5, 0.6) is 0 Å². The number of amides is 2. The van der Waals surface area contributed by atoms with Gasteiger partial charge in [-0.2, -0.15) is 5.10 Å². The molecule has 2 amide bonds. The minimum absolute atomic E-state index is 0.0578. The molecule has 1 aliphatic carbocycles. The van der Waals surface area contributed by atoms with Gasteiger partial charge in [-0.15, -0.1) is 10.2 Å². The number of anilines is 1. The van der Waals surface area contributed by atoms with Gasteiger partial charge < -0.3 is 25.6 Å². The maximum absolute atomic E-state index is 14.5. The Morgan fingerprint density at radius 2 is 1.94 bits per heavy atom. The highest BCUT2D eigenvalue weighted by Crippen LogP contribution is 2.39. The van der Waals surface area contributed by atoms with Crippen molar-refractivity contribution in [2.24, 2.45) is 12.8 Å². The lowest BCUT2D eigenvalue weighted by atomic mass is 9.91. The highest BCUT2D eigenvalue weighted by atomic mass is 19.3. The average Bonchev–Trinajstić information content (AvgIpc) is 3.55. The van der Waals surface area contributed by atoms with Crippen molar-refractivity contribution in [1.29, 1.82) is 5.41 Å². The number of benzene rings is 1. The van der Waals surface area contributed by atoms with Crippen LogP contribution in [-0.2, 0) is 23.0 Å². The van der Waals surface area contributed by atoms with Gasteiger partial charge in [0.15, 0.2) is 5.69 Å². The maximum Gasteiger partial charge on any atom is 0.269 e. The van der Waals surface area contributed by atoms with Gasteiger partial charge in [-0.1, -0.05) is 5.92 Å². The summed E-state index contributed by atoms with van der Waals surface area (Å²) in [5.41, 5.74) is 9.88. The number of halogens is 2. The molecular formula is C36H41F2N9O3. The van der Waals surface area contributed by atoms with Crippen LogP contribution in [0.1, 0.15) is 79.2 Å². The number of primary amides is 1. The van der Waals surface area contributed by atoms with Gasteiger partial charge in [0.1, 0.15) is 18.1 Å². The first-order chi connectivity index (χ1) is 24.1. The summed E-state index contributed by atoms with van der Waals surface area (Å²) < 4.78 is 36.5. The van der Waals surface area contributed by atoms with Crippen molar-refractivity contribution in [2.75, 3.05) is 31.1 Å². The third kappa shape index (κ3) is 7.83. The zero-order valence-electron chi connectivity index (χ0n) is 28.2. The van der Waals surface area contributed by atoms with E-state index in [0.717, 1.165) is 48.9 Å². The molecule has 12 nitrogen and oxygen atoms in total. The Labute approximate surface area is 289 Å². The number of aryl methyl sites for hydroxylation is 2. The molecule has 1 fully saturated rings. The van der Waals surface area contributed by atoms with Crippen LogP contribution in [-0.4, -0.2) is 80.9 Å². The van der Waals surface area contributed by atoms with Gasteiger partial charge in [-0.05, 0) is 79.8 Å². The summed E-state index contributed by atoms with van der Waals surface area (Å²) in [5, 5.41) is 25.0. The Morgan fingerprint density at radius 1 is 1.14 bits per heavy atom. The molecule has 4 heterocycles. The van der Waals surface area contributed by atoms with E-state index in [1.165, 1.54) is 19.1 Å². The van der Waals surface area contributed by atoms with Crippen LogP contribution >= 0.6 is 0 Å². The van der Waals surface area contributed by atoms with E-state index in [1.807, 2.05) is 11.0 Å². The second-order valence-corrected chi connectivity index (χ2v) is 12.9. The lowest BCUT2D eigenvalue weighted by molar-refractivity contribution is -0.128. The zero-order chi connectivity index (χ0) is 35.4. The number of alkyl halides is 2. The molecule has 6 rings (SSSR count). The van der Waals surface area contributed by atoms with Crippen LogP contribution in [0.15, 0.2) is 47.9 Å². The maximum atomic E-state index is 14.5. The molecule has 3 aliphatic rings. The van der Waals surface area contributed by atoms with E-state index in [-0.39, 0.29) is 48.3 Å². The molecule has 3 aromatic rings. The minimum Gasteiger partial charge on any atom is -0.385 e. The lowest BCUT2D eigenvalue weighted by Gasteiger charge is -2.38. The van der Waals surface area contributed by atoms with Crippen molar-refractivity contribution in [2.45, 2.75) is 70.4 Å². The highest BCUT2D eigenvalue weighted by Gasteiger charge is 2.32. The van der Waals surface area contributed by atoms with E-state index in [9.17, 15) is 23.8 Å². The SMILES string of the molecule is CC(=O)N1CCC(NC2CCC(OCC#Cc3ccc(C(N)=O)nn3)CC2)=C(C(=N)N2CCCc3cc(-c4cnn(C)c4)c(C(F)F)cc32)C1. The number of carbonyl (C=O) groups is 2. The molecule has 262 valence electrons. The number of amidine groups is 1. The van der Waals surface area contributed by atoms with Crippen LogP contribution < -0.4 is 16.0 Å². The molecule has 0 radical (unpaired) electrons. The van der Waals surface area contributed by atoms with E-state index in [0.29, 0.717) is 48.4 Å². The Kier molecular flexibility index (Phi) is 10.5. The Hall–Kier alpha value is -5.16. The number of fused-ring (bicyclic) bond motifs is 1. The number of rotatable bonds is 8. The average molecular weight is 686 g/mol. The molecule has 14 heteroatoms. The summed E-state index contributed by atoms with van der Waals surface area (Å²) in [6.07, 6.45) is 6.14. The first-order valence-electron chi connectivity index (χ1n) is 16.9. The summed E-state index contributed by atoms with van der Waals surface area (Å²) in [6.45, 7) is 3.12. The molecule has 0 unspecified atom stereocenters. The lowest BCUT2D eigenvalue weighted by Crippen LogP contribution is -2.46. The molecule has 0 spiro atoms. The fourth-order valence-electron chi connectivity index (χ4n) is 6.88. The number of ether oxygens (including phenoxy) is 1. The number of nitrogens with one attached hydrogen (secondary N) is 2. The number of aromatic nitrogens is 4. The predicted molar refractivity (Wildman–Crippen MR) is 183 cm³/mol. The molecule has 1 aromatic carbocycles. The van der Waals surface area contributed by atoms with Crippen LogP contribution in [0.25, 0.3) is 11.1 Å². The number of hydrogen-bond acceptors (Lipinski definition) is 8. The number of carbonyl (C=O) groups excluding carboxylic acids is 2. The van der Waals surface area contributed by atoms with Crippen LogP contribution in [0.4, 0.5) is 14.5 Å². The first-order valence-corrected chi connectivity index (χ1v) is 16.9. The summed E-state index contributed by atoms with van der Waals surface area (Å²) >= 11 is 0. The second kappa shape index (κ2) is 15.2. The van der Waals surface area contributed by atoms with Gasteiger partial charge in [0.05, 0.1) is 18.8 Å². The summed E-state index contributed by atoms with van der Waals surface area (Å²) in [6, 6.07) is 6.60. The molecule has 4 N–H and O–H groups in total. The van der Waals surface area contributed by atoms with Gasteiger partial charge in [-0.3, -0.25) is 19.7 Å². The highest BCUT2D eigenvalue weighted by molar-refractivity contribution is 6.09. The third-order valence-corrected chi connectivity index (χ3v) is 9.54. The predicted octanol–water partition coefficient (Wildman–Crippen LogP) is 4.12. The Morgan fingerprint density at radius 3 is 2.60 bits per heavy atom. The molecule has 0 atom stereocenters. The number of nitrogens with zero attached hydrogens (tertiary/aromatic N) is 6. The smallest absolute Gasteiger partial charge is 0.269 e. The fourth-order valence-corrected chi connectivity index (χ4v) is 6.88. The molecule has 0 saturated heterocycles. The van der Waals surface area contributed by atoms with Crippen molar-refractivity contribution in [3.63, 3.8) is 0 Å². The van der Waals surface area contributed by atoms with E-state index in [4.69, 9.17) is 10.5 Å². The van der Waals surface area contributed by atoms with Crippen molar-refractivity contribution >= 4 is 23.3 Å². The Bertz CT molecular complexity index is 1850. The monoisotopic (exact) mass is 685 g/mol. The van der Waals surface area contributed by atoms with Crippen molar-refractivity contribution in [3.8, 4) is 23.0 Å². The largest absolute Gasteiger partial charge is 0.385 e. The van der Waals surface area contributed by atoms with E-state index >= 15 is 0 Å². The van der Waals surface area contributed by atoms with Gasteiger partial charge in [0.2, 0.25) is 5.91 Å². The number of nitrogens with two attached hydrogens (primary N) is 1. The molecule has 50 heavy (non-hydrogen) atoms. The minimum atomic E-state index is -2.70. The van der Waals surface area contributed by atoms with Crippen LogP contribution in [0, 0.1) is 17.3 Å². The molecule has 0 bridgehead atoms. The van der Waals surface area contributed by atoms with Gasteiger partial charge in [-0.25, -0.2) is 8.78 Å². The van der Waals surface area contributed by atoms with E-state index in [1.54, 1.807) is 35.1 Å². The Balaban J connectivity index is 1.14. The van der Waals surface area contributed by atoms with Gasteiger partial charge >= 0.3 is 0 Å². The second-order valence-electron chi connectivity index (χ2n) is 12.9. The standard InChI is InChI=1S/C36H41F2N9O3/c1-22(48)46-15-13-31(42-25-7-10-27(11-8-25)50-16-4-6-26-9-12-32(36(40)49)44-43-26)30(21-46)35(39)47-14-3-5-23-17-28(24-19-41-45(2)20-24)29(34(37)38)18-33(23)47/h9,12,17-20,25,27,34,39,42H,3,5,7-8,10-11,13-16,21H2,1-2H3,(H2,40,49). The molecule has 2 aromatic heterocycles. The summed E-state index contributed by atoms with van der Waals surface area (Å²) in [4.78, 5) is 27.2. The number of hydrogen-bond donors (Lipinski definition) is 3. The van der Waals surface area contributed by atoms with E-state index in [2.05, 4.69) is 32.5 Å². The third-order valence-electron chi connectivity index (χ3n) is 9.54. The molecular weight excluding hydrogens is 644 g/mol. The normalized spacial score (nSPS) is 19.1. The van der Waals surface area contributed by atoms with Crippen LogP contribution in [0.3, 0.4) is 0 Å². The van der Waals surface area contributed by atoms with Crippen molar-refractivity contribution in [3.05, 3.63) is 70.4 Å². The van der Waals surface area contributed by atoms with Crippen molar-refractivity contribution in [1.82, 2.24) is 30.2 Å². The topological polar surface area (TPSA) is 155 Å². The quantitative estimate of drug-likeness (QED) is 0.182. The van der Waals surface area contributed by atoms with Gasteiger partial charge in [0, 0.05) is 73.8 Å². The zero-order valence-corrected chi connectivity index (χ0v) is 28.2. The fraction of sp³-hybridized carbons (Fsp3) is 0.444. The molecule has 2 aliphatic heterocycles. The first kappa shape index (κ1) is 34.7. The summed E-state index contributed by atoms with van der Waals surface area (Å²) in [5.74, 6) is 5.35. The molecule has 1 saturated carbocycles. The van der Waals surface area contributed by atoms with Crippen molar-refractivity contribution < 1.29 is 23.1 Å². The van der Waals surface area contributed by atoms with Crippen LogP contribution in [0.2, 0.25) is 0 Å². The van der Waals surface area contributed by atoms with Gasteiger partial charge in [0.25, 0.3) is 12.3 Å². The summed E-state index contributed by atoms with van der Waals surface area (Å²) in [7, 11) is 1.76.